The monoisotopic (exact) mass is 482 g/mol. The number of carbonyl (C=O) groups is 1. The Morgan fingerprint density at radius 2 is 2.03 bits per heavy atom. The maximum atomic E-state index is 13.1. The Kier molecular flexibility index (Phi) is 5.84. The molecule has 3 N–H and O–H groups in total. The van der Waals surface area contributed by atoms with Gasteiger partial charge in [-0.25, -0.2) is 4.98 Å². The summed E-state index contributed by atoms with van der Waals surface area (Å²) in [6.07, 6.45) is 4.01. The highest BCUT2D eigenvalue weighted by Gasteiger charge is 2.43. The molecule has 0 radical (unpaired) electrons. The van der Waals surface area contributed by atoms with Crippen LogP contribution in [0, 0.1) is 6.92 Å². The molecule has 2 bridgehead atoms. The summed E-state index contributed by atoms with van der Waals surface area (Å²) in [5.74, 6) is 2.38. The van der Waals surface area contributed by atoms with Crippen molar-refractivity contribution in [1.29, 1.82) is 0 Å². The maximum absolute atomic E-state index is 13.1. The van der Waals surface area contributed by atoms with Crippen LogP contribution in [0.25, 0.3) is 10.2 Å². The normalized spacial score (nSPS) is 25.1. The van der Waals surface area contributed by atoms with Crippen LogP contribution in [0.1, 0.15) is 31.4 Å². The largest absolute Gasteiger partial charge is 0.379 e. The van der Waals surface area contributed by atoms with Crippen LogP contribution in [-0.2, 0) is 9.53 Å². The van der Waals surface area contributed by atoms with Crippen LogP contribution in [0.2, 0.25) is 0 Å². The first kappa shape index (κ1) is 21.8. The van der Waals surface area contributed by atoms with Crippen molar-refractivity contribution in [1.82, 2.24) is 30.0 Å². The molecule has 3 fully saturated rings. The van der Waals surface area contributed by atoms with E-state index in [2.05, 4.69) is 30.6 Å². The summed E-state index contributed by atoms with van der Waals surface area (Å²) in [5, 5.41) is 17.2. The molecule has 3 aliphatic heterocycles. The summed E-state index contributed by atoms with van der Waals surface area (Å²) in [6.45, 7) is 5.60. The van der Waals surface area contributed by atoms with Crippen LogP contribution >= 0.6 is 11.3 Å². The van der Waals surface area contributed by atoms with Crippen molar-refractivity contribution in [3.8, 4) is 0 Å². The number of ether oxygens (including phenoxy) is 1. The van der Waals surface area contributed by atoms with Crippen LogP contribution in [0.4, 0.5) is 17.6 Å². The zero-order valence-electron chi connectivity index (χ0n) is 19.3. The number of H-pyrrole nitrogens is 1. The molecule has 11 heteroatoms. The summed E-state index contributed by atoms with van der Waals surface area (Å²) in [6, 6.07) is 4.82. The number of nitrogens with zero attached hydrogens (tertiary/aromatic N) is 5. The van der Waals surface area contributed by atoms with E-state index >= 15 is 0 Å². The number of morpholine rings is 1. The lowest BCUT2D eigenvalue weighted by molar-refractivity contribution is -0.137. The number of anilines is 3. The van der Waals surface area contributed by atoms with Gasteiger partial charge in [0.2, 0.25) is 11.9 Å². The molecule has 3 aromatic heterocycles. The molecule has 3 aromatic rings. The van der Waals surface area contributed by atoms with Crippen molar-refractivity contribution < 1.29 is 9.53 Å². The average molecular weight is 483 g/mol. The number of hydrogen-bond donors (Lipinski definition) is 3. The highest BCUT2D eigenvalue weighted by molar-refractivity contribution is 7.16. The molecule has 0 spiro atoms. The minimum atomic E-state index is 0.253. The van der Waals surface area contributed by atoms with Crippen LogP contribution in [0.5, 0.6) is 0 Å². The molecule has 180 valence electrons. The molecule has 0 aromatic carbocycles. The fourth-order valence-corrected chi connectivity index (χ4v) is 6.30. The number of carbonyl (C=O) groups excluding carboxylic acids is 1. The summed E-state index contributed by atoms with van der Waals surface area (Å²) in [5.41, 5.74) is 0.988. The van der Waals surface area contributed by atoms with Gasteiger partial charge in [-0.15, -0.1) is 11.3 Å². The van der Waals surface area contributed by atoms with E-state index in [0.29, 0.717) is 24.6 Å². The number of piperidine rings is 1. The third kappa shape index (κ3) is 4.35. The van der Waals surface area contributed by atoms with Gasteiger partial charge in [-0.05, 0) is 44.1 Å². The predicted octanol–water partition coefficient (Wildman–Crippen LogP) is 2.73. The van der Waals surface area contributed by atoms with Crippen LogP contribution in [0.15, 0.2) is 17.5 Å². The number of nitrogens with one attached hydrogen (secondary N) is 3. The Bertz CT molecular complexity index is 1160. The number of aromatic amines is 1. The second-order valence-corrected chi connectivity index (χ2v) is 10.4. The number of thiophene rings is 1. The van der Waals surface area contributed by atoms with E-state index in [4.69, 9.17) is 14.7 Å². The predicted molar refractivity (Wildman–Crippen MR) is 132 cm³/mol. The van der Waals surface area contributed by atoms with E-state index in [0.717, 1.165) is 79.5 Å². The topological polar surface area (TPSA) is 111 Å². The molecule has 0 saturated carbocycles. The first-order chi connectivity index (χ1) is 16.6. The Hall–Kier alpha value is -2.76. The zero-order chi connectivity index (χ0) is 23.1. The lowest BCUT2D eigenvalue weighted by atomic mass is 9.97. The van der Waals surface area contributed by atoms with Gasteiger partial charge >= 0.3 is 0 Å². The van der Waals surface area contributed by atoms with Gasteiger partial charge in [-0.2, -0.15) is 10.1 Å². The molecule has 0 aliphatic carbocycles. The second-order valence-electron chi connectivity index (χ2n) is 9.48. The number of hydrogen-bond acceptors (Lipinski definition) is 9. The van der Waals surface area contributed by atoms with Gasteiger partial charge in [0.15, 0.2) is 5.82 Å². The average Bonchev–Trinajstić information content (AvgIpc) is 3.52. The summed E-state index contributed by atoms with van der Waals surface area (Å²) in [4.78, 5) is 28.0. The number of fused-ring (bicyclic) bond motifs is 3. The lowest BCUT2D eigenvalue weighted by Gasteiger charge is -2.40. The molecule has 6 rings (SSSR count). The number of aryl methyl sites for hydroxylation is 1. The van der Waals surface area contributed by atoms with Crippen LogP contribution < -0.4 is 10.6 Å². The summed E-state index contributed by atoms with van der Waals surface area (Å²) in [7, 11) is 0. The van der Waals surface area contributed by atoms with E-state index in [1.54, 1.807) is 11.3 Å². The van der Waals surface area contributed by atoms with Crippen LogP contribution in [0.3, 0.4) is 0 Å². The molecule has 10 nitrogen and oxygen atoms in total. The number of rotatable bonds is 6. The van der Waals surface area contributed by atoms with Crippen molar-refractivity contribution in [2.24, 2.45) is 0 Å². The Balaban J connectivity index is 1.14. The zero-order valence-corrected chi connectivity index (χ0v) is 20.1. The van der Waals surface area contributed by atoms with Gasteiger partial charge in [0.1, 0.15) is 10.6 Å². The fraction of sp³-hybridized carbons (Fsp3) is 0.565. The van der Waals surface area contributed by atoms with Crippen molar-refractivity contribution in [3.63, 3.8) is 0 Å². The van der Waals surface area contributed by atoms with E-state index in [1.165, 1.54) is 0 Å². The molecule has 3 aliphatic rings. The maximum Gasteiger partial charge on any atom is 0.237 e. The molecule has 0 unspecified atom stereocenters. The number of aromatic nitrogens is 4. The molecule has 34 heavy (non-hydrogen) atoms. The van der Waals surface area contributed by atoms with Crippen molar-refractivity contribution in [2.75, 3.05) is 43.5 Å². The molecule has 3 saturated heterocycles. The molecular formula is C23H30N8O2S. The fourth-order valence-electron chi connectivity index (χ4n) is 5.54. The van der Waals surface area contributed by atoms with Crippen LogP contribution in [-0.4, -0.2) is 86.8 Å². The Morgan fingerprint density at radius 3 is 2.76 bits per heavy atom. The Morgan fingerprint density at radius 1 is 1.24 bits per heavy atom. The third-order valence-corrected chi connectivity index (χ3v) is 7.90. The molecule has 1 amide bonds. The summed E-state index contributed by atoms with van der Waals surface area (Å²) < 4.78 is 5.42. The van der Waals surface area contributed by atoms with E-state index < -0.39 is 0 Å². The first-order valence-electron chi connectivity index (χ1n) is 12.0. The first-order valence-corrected chi connectivity index (χ1v) is 12.9. The van der Waals surface area contributed by atoms with Crippen molar-refractivity contribution in [2.45, 2.75) is 50.7 Å². The van der Waals surface area contributed by atoms with Gasteiger partial charge in [0.25, 0.3) is 0 Å². The van der Waals surface area contributed by atoms with Gasteiger partial charge in [0, 0.05) is 43.0 Å². The van der Waals surface area contributed by atoms with E-state index in [9.17, 15) is 4.79 Å². The minimum Gasteiger partial charge on any atom is -0.379 e. The third-order valence-electron chi connectivity index (χ3n) is 7.09. The van der Waals surface area contributed by atoms with Gasteiger partial charge in [-0.3, -0.25) is 14.8 Å². The van der Waals surface area contributed by atoms with Gasteiger partial charge < -0.3 is 20.3 Å². The highest BCUT2D eigenvalue weighted by atomic mass is 32.1. The van der Waals surface area contributed by atoms with E-state index in [-0.39, 0.29) is 11.9 Å². The molecule has 3 atom stereocenters. The van der Waals surface area contributed by atoms with Crippen molar-refractivity contribution in [3.05, 3.63) is 23.2 Å². The second kappa shape index (κ2) is 9.12. The number of amides is 1. The van der Waals surface area contributed by atoms with E-state index in [1.807, 2.05) is 24.4 Å². The molecular weight excluding hydrogens is 452 g/mol. The SMILES string of the molecule is Cc1cc(Nc2nc(N[C@@H]3C[C@H]4CC[C@@H](C3)N4C(=O)CN3CCOCC3)nc3sccc23)n[nH]1. The highest BCUT2D eigenvalue weighted by Crippen LogP contribution is 2.37. The van der Waals surface area contributed by atoms with Gasteiger partial charge in [0.05, 0.1) is 25.1 Å². The summed E-state index contributed by atoms with van der Waals surface area (Å²) >= 11 is 1.60. The van der Waals surface area contributed by atoms with Gasteiger partial charge in [-0.1, -0.05) is 0 Å². The smallest absolute Gasteiger partial charge is 0.237 e. The standard InChI is InChI=1S/C23H30N8O2S/c1-14-10-19(29-28-14)25-21-18-4-9-34-22(18)27-23(26-21)24-15-11-16-2-3-17(12-15)31(16)20(32)13-30-5-7-33-8-6-30/h4,9-10,15-17H,2-3,5-8,11-13H2,1H3,(H3,24,25,26,27,28,29)/t15-,16-,17+. The Labute approximate surface area is 202 Å². The quantitative estimate of drug-likeness (QED) is 0.492. The lowest BCUT2D eigenvalue weighted by Crippen LogP contribution is -2.53. The van der Waals surface area contributed by atoms with Crippen molar-refractivity contribution >= 4 is 45.0 Å². The minimum absolute atomic E-state index is 0.253. The molecule has 6 heterocycles.